The monoisotopic (exact) mass is 309 g/mol. The summed E-state index contributed by atoms with van der Waals surface area (Å²) in [6.45, 7) is 4.33. The van der Waals surface area contributed by atoms with Gasteiger partial charge in [0.2, 0.25) is 5.91 Å². The molecule has 1 saturated carbocycles. The van der Waals surface area contributed by atoms with Gasteiger partial charge in [-0.2, -0.15) is 0 Å². The van der Waals surface area contributed by atoms with Crippen LogP contribution in [0.2, 0.25) is 0 Å². The summed E-state index contributed by atoms with van der Waals surface area (Å²) in [6, 6.07) is 11.9. The molecule has 1 atom stereocenters. The van der Waals surface area contributed by atoms with Crippen LogP contribution in [-0.2, 0) is 4.79 Å². The fourth-order valence-electron chi connectivity index (χ4n) is 2.69. The quantitative estimate of drug-likeness (QED) is 0.889. The molecule has 23 heavy (non-hydrogen) atoms. The van der Waals surface area contributed by atoms with Crippen LogP contribution in [0.15, 0.2) is 42.6 Å². The molecule has 4 heteroatoms. The van der Waals surface area contributed by atoms with Crippen LogP contribution in [0.1, 0.15) is 55.3 Å². The molecule has 0 saturated heterocycles. The number of nitrogens with one attached hydrogen (secondary N) is 1. The molecule has 120 valence electrons. The van der Waals surface area contributed by atoms with Crippen LogP contribution >= 0.6 is 0 Å². The first kappa shape index (κ1) is 15.5. The van der Waals surface area contributed by atoms with Crippen molar-refractivity contribution in [1.29, 1.82) is 0 Å². The van der Waals surface area contributed by atoms with E-state index in [4.69, 9.17) is 5.73 Å². The maximum atomic E-state index is 12.3. The second kappa shape index (κ2) is 6.41. The van der Waals surface area contributed by atoms with Crippen molar-refractivity contribution >= 4 is 11.7 Å². The summed E-state index contributed by atoms with van der Waals surface area (Å²) in [6.07, 6.45) is 3.63. The molecule has 0 aliphatic heterocycles. The van der Waals surface area contributed by atoms with Crippen LogP contribution < -0.4 is 11.1 Å². The summed E-state index contributed by atoms with van der Waals surface area (Å²) in [7, 11) is 0. The van der Waals surface area contributed by atoms with E-state index >= 15 is 0 Å². The van der Waals surface area contributed by atoms with Crippen molar-refractivity contribution in [3.05, 3.63) is 59.3 Å². The number of nitrogens with zero attached hydrogens (tertiary/aromatic N) is 1. The van der Waals surface area contributed by atoms with E-state index in [-0.39, 0.29) is 17.9 Å². The average molecular weight is 309 g/mol. The van der Waals surface area contributed by atoms with Gasteiger partial charge in [0.05, 0.1) is 6.04 Å². The Morgan fingerprint density at radius 1 is 1.17 bits per heavy atom. The number of hydrogen-bond acceptors (Lipinski definition) is 3. The van der Waals surface area contributed by atoms with Crippen molar-refractivity contribution in [2.75, 3.05) is 5.73 Å². The van der Waals surface area contributed by atoms with E-state index < -0.39 is 0 Å². The Kier molecular flexibility index (Phi) is 4.33. The van der Waals surface area contributed by atoms with Crippen molar-refractivity contribution in [2.45, 2.75) is 38.6 Å². The van der Waals surface area contributed by atoms with E-state index in [9.17, 15) is 4.79 Å². The van der Waals surface area contributed by atoms with Crippen molar-refractivity contribution in [1.82, 2.24) is 10.3 Å². The van der Waals surface area contributed by atoms with Crippen LogP contribution in [-0.4, -0.2) is 10.9 Å². The first-order valence-electron chi connectivity index (χ1n) is 8.17. The Morgan fingerprint density at radius 3 is 2.39 bits per heavy atom. The van der Waals surface area contributed by atoms with Gasteiger partial charge in [0, 0.05) is 17.7 Å². The maximum Gasteiger partial charge on any atom is 0.223 e. The molecule has 1 aromatic heterocycles. The molecular weight excluding hydrogens is 286 g/mol. The number of benzene rings is 1. The van der Waals surface area contributed by atoms with Crippen LogP contribution in [0.4, 0.5) is 5.82 Å². The van der Waals surface area contributed by atoms with Crippen LogP contribution in [0, 0.1) is 5.92 Å². The van der Waals surface area contributed by atoms with E-state index in [2.05, 4.69) is 48.4 Å². The molecule has 4 nitrogen and oxygen atoms in total. The highest BCUT2D eigenvalue weighted by molar-refractivity contribution is 5.82. The van der Waals surface area contributed by atoms with Crippen molar-refractivity contribution in [3.8, 4) is 0 Å². The molecule has 1 amide bonds. The molecule has 3 N–H and O–H groups in total. The van der Waals surface area contributed by atoms with E-state index in [0.29, 0.717) is 11.7 Å². The molecule has 0 bridgehead atoms. The van der Waals surface area contributed by atoms with Gasteiger partial charge in [-0.3, -0.25) is 4.79 Å². The van der Waals surface area contributed by atoms with E-state index in [1.165, 1.54) is 5.56 Å². The highest BCUT2D eigenvalue weighted by Gasteiger charge is 2.32. The summed E-state index contributed by atoms with van der Waals surface area (Å²) < 4.78 is 0. The molecule has 0 radical (unpaired) electrons. The zero-order valence-corrected chi connectivity index (χ0v) is 13.6. The summed E-state index contributed by atoms with van der Waals surface area (Å²) in [4.78, 5) is 16.4. The minimum Gasteiger partial charge on any atom is -0.383 e. The number of pyridine rings is 1. The summed E-state index contributed by atoms with van der Waals surface area (Å²) >= 11 is 0. The molecule has 0 spiro atoms. The summed E-state index contributed by atoms with van der Waals surface area (Å²) in [5.41, 5.74) is 9.20. The topological polar surface area (TPSA) is 68.0 Å². The van der Waals surface area contributed by atoms with Gasteiger partial charge in [0.25, 0.3) is 0 Å². The first-order valence-corrected chi connectivity index (χ1v) is 8.17. The average Bonchev–Trinajstić information content (AvgIpc) is 3.38. The number of rotatable bonds is 5. The van der Waals surface area contributed by atoms with Crippen LogP contribution in [0.25, 0.3) is 0 Å². The van der Waals surface area contributed by atoms with E-state index in [0.717, 1.165) is 24.0 Å². The van der Waals surface area contributed by atoms with Gasteiger partial charge in [-0.15, -0.1) is 0 Å². The van der Waals surface area contributed by atoms with Gasteiger partial charge in [0.15, 0.2) is 0 Å². The lowest BCUT2D eigenvalue weighted by molar-refractivity contribution is -0.122. The molecular formula is C19H23N3O. The zero-order chi connectivity index (χ0) is 16.4. The van der Waals surface area contributed by atoms with Crippen molar-refractivity contribution in [3.63, 3.8) is 0 Å². The molecule has 3 rings (SSSR count). The largest absolute Gasteiger partial charge is 0.383 e. The first-order chi connectivity index (χ1) is 11.1. The SMILES string of the molecule is CC(C)c1ccc([C@@H](NC(=O)C2CC2)c2cccnc2N)cc1. The predicted octanol–water partition coefficient (Wildman–Crippen LogP) is 3.40. The van der Waals surface area contributed by atoms with Gasteiger partial charge >= 0.3 is 0 Å². The minimum absolute atomic E-state index is 0.103. The van der Waals surface area contributed by atoms with Gasteiger partial charge < -0.3 is 11.1 Å². The Morgan fingerprint density at radius 2 is 1.83 bits per heavy atom. The molecule has 1 aromatic carbocycles. The Balaban J connectivity index is 1.93. The third-order valence-corrected chi connectivity index (χ3v) is 4.35. The van der Waals surface area contributed by atoms with Crippen molar-refractivity contribution in [2.24, 2.45) is 5.92 Å². The molecule has 1 fully saturated rings. The number of carbonyl (C=O) groups excluding carboxylic acids is 1. The maximum absolute atomic E-state index is 12.3. The van der Waals surface area contributed by atoms with Gasteiger partial charge in [0.1, 0.15) is 5.82 Å². The standard InChI is InChI=1S/C19H23N3O/c1-12(2)13-5-7-14(8-6-13)17(22-19(23)15-9-10-15)16-4-3-11-21-18(16)20/h3-8,11-12,15,17H,9-10H2,1-2H3,(H2,20,21)(H,22,23)/t17-/m1/s1. The molecule has 2 aromatic rings. The second-order valence-electron chi connectivity index (χ2n) is 6.52. The minimum atomic E-state index is -0.252. The van der Waals surface area contributed by atoms with Gasteiger partial charge in [-0.05, 0) is 36.0 Å². The zero-order valence-electron chi connectivity index (χ0n) is 13.6. The third-order valence-electron chi connectivity index (χ3n) is 4.35. The van der Waals surface area contributed by atoms with Gasteiger partial charge in [-0.1, -0.05) is 44.2 Å². The molecule has 1 aliphatic rings. The number of amides is 1. The summed E-state index contributed by atoms with van der Waals surface area (Å²) in [5, 5.41) is 3.14. The third kappa shape index (κ3) is 3.52. The lowest BCUT2D eigenvalue weighted by Gasteiger charge is -2.21. The smallest absolute Gasteiger partial charge is 0.223 e. The fraction of sp³-hybridized carbons (Fsp3) is 0.368. The van der Waals surface area contributed by atoms with E-state index in [1.54, 1.807) is 6.20 Å². The normalized spacial score (nSPS) is 15.4. The number of carbonyl (C=O) groups is 1. The number of nitrogens with two attached hydrogens (primary N) is 1. The van der Waals surface area contributed by atoms with E-state index in [1.807, 2.05) is 12.1 Å². The lowest BCUT2D eigenvalue weighted by Crippen LogP contribution is -2.31. The number of aromatic nitrogens is 1. The van der Waals surface area contributed by atoms with Gasteiger partial charge in [-0.25, -0.2) is 4.98 Å². The number of nitrogen functional groups attached to an aromatic ring is 1. The molecule has 1 aliphatic carbocycles. The second-order valence-corrected chi connectivity index (χ2v) is 6.52. The number of anilines is 1. The Bertz CT molecular complexity index is 690. The molecule has 1 heterocycles. The Labute approximate surface area is 137 Å². The lowest BCUT2D eigenvalue weighted by atomic mass is 9.95. The Hall–Kier alpha value is -2.36. The predicted molar refractivity (Wildman–Crippen MR) is 91.9 cm³/mol. The fourth-order valence-corrected chi connectivity index (χ4v) is 2.69. The van der Waals surface area contributed by atoms with Crippen LogP contribution in [0.5, 0.6) is 0 Å². The summed E-state index contributed by atoms with van der Waals surface area (Å²) in [5.74, 6) is 1.20. The highest BCUT2D eigenvalue weighted by atomic mass is 16.2. The van der Waals surface area contributed by atoms with Crippen LogP contribution in [0.3, 0.4) is 0 Å². The number of hydrogen-bond donors (Lipinski definition) is 2. The molecule has 0 unspecified atom stereocenters. The highest BCUT2D eigenvalue weighted by Crippen LogP contribution is 2.32. The van der Waals surface area contributed by atoms with Crippen molar-refractivity contribution < 1.29 is 4.79 Å².